The first-order valence-corrected chi connectivity index (χ1v) is 9.68. The van der Waals surface area contributed by atoms with Crippen molar-refractivity contribution in [3.05, 3.63) is 34.3 Å². The normalized spacial score (nSPS) is 20.8. The molecule has 1 aromatic carbocycles. The Morgan fingerprint density at radius 2 is 2.00 bits per heavy atom. The number of carbonyl (C=O) groups excluding carboxylic acids is 1. The fourth-order valence-electron chi connectivity index (χ4n) is 2.57. The van der Waals surface area contributed by atoms with Crippen LogP contribution in [0.3, 0.4) is 0 Å². The van der Waals surface area contributed by atoms with Crippen molar-refractivity contribution in [2.24, 2.45) is 0 Å². The summed E-state index contributed by atoms with van der Waals surface area (Å²) < 4.78 is 23.9. The Morgan fingerprint density at radius 3 is 2.57 bits per heavy atom. The molecule has 0 N–H and O–H groups in total. The molecule has 0 radical (unpaired) electrons. The SMILES string of the molecule is CN(CCCC(=O)c1ccc(Br)cc1)C1CCS(=O)(=O)C1. The number of carbonyl (C=O) groups is 1. The lowest BCUT2D eigenvalue weighted by Crippen LogP contribution is -2.33. The summed E-state index contributed by atoms with van der Waals surface area (Å²) in [5, 5.41) is 0. The molecule has 0 amide bonds. The monoisotopic (exact) mass is 373 g/mol. The van der Waals surface area contributed by atoms with Crippen LogP contribution in [-0.2, 0) is 9.84 Å². The smallest absolute Gasteiger partial charge is 0.162 e. The standard InChI is InChI=1S/C15H20BrNO3S/c1-17(14-8-10-21(19,20)11-14)9-2-3-15(18)12-4-6-13(16)7-5-12/h4-7,14H,2-3,8-11H2,1H3. The summed E-state index contributed by atoms with van der Waals surface area (Å²) in [6, 6.07) is 7.47. The molecule has 1 fully saturated rings. The summed E-state index contributed by atoms with van der Waals surface area (Å²) >= 11 is 3.35. The topological polar surface area (TPSA) is 54.5 Å². The number of benzene rings is 1. The summed E-state index contributed by atoms with van der Waals surface area (Å²) in [6.07, 6.45) is 1.95. The average Bonchev–Trinajstić information content (AvgIpc) is 2.79. The van der Waals surface area contributed by atoms with E-state index in [-0.39, 0.29) is 17.6 Å². The summed E-state index contributed by atoms with van der Waals surface area (Å²) in [5.41, 5.74) is 0.726. The fourth-order valence-corrected chi connectivity index (χ4v) is 4.64. The molecule has 0 saturated carbocycles. The number of ketones is 1. The van der Waals surface area contributed by atoms with E-state index >= 15 is 0 Å². The van der Waals surface area contributed by atoms with Crippen LogP contribution in [0.15, 0.2) is 28.7 Å². The van der Waals surface area contributed by atoms with Gasteiger partial charge in [0.05, 0.1) is 11.5 Å². The Morgan fingerprint density at radius 1 is 1.33 bits per heavy atom. The van der Waals surface area contributed by atoms with Crippen LogP contribution in [0.5, 0.6) is 0 Å². The Balaban J connectivity index is 1.76. The van der Waals surface area contributed by atoms with Gasteiger partial charge in [0, 0.05) is 22.5 Å². The quantitative estimate of drug-likeness (QED) is 0.718. The summed E-state index contributed by atoms with van der Waals surface area (Å²) in [4.78, 5) is 14.1. The fraction of sp³-hybridized carbons (Fsp3) is 0.533. The van der Waals surface area contributed by atoms with Crippen molar-refractivity contribution in [1.29, 1.82) is 0 Å². The van der Waals surface area contributed by atoms with Gasteiger partial charge in [0.2, 0.25) is 0 Å². The second-order valence-electron chi connectivity index (χ2n) is 5.57. The first-order valence-electron chi connectivity index (χ1n) is 7.07. The molecule has 4 nitrogen and oxygen atoms in total. The minimum absolute atomic E-state index is 0.109. The minimum atomic E-state index is -2.84. The summed E-state index contributed by atoms with van der Waals surface area (Å²) in [5.74, 6) is 0.680. The second kappa shape index (κ2) is 7.03. The van der Waals surface area contributed by atoms with Gasteiger partial charge < -0.3 is 4.90 Å². The zero-order chi connectivity index (χ0) is 15.5. The van der Waals surface area contributed by atoms with Gasteiger partial charge in [-0.2, -0.15) is 0 Å². The van der Waals surface area contributed by atoms with Crippen LogP contribution >= 0.6 is 15.9 Å². The maximum Gasteiger partial charge on any atom is 0.162 e. The Bertz CT molecular complexity index is 598. The predicted octanol–water partition coefficient (Wildman–Crippen LogP) is 2.53. The lowest BCUT2D eigenvalue weighted by atomic mass is 10.1. The van der Waals surface area contributed by atoms with E-state index in [4.69, 9.17) is 0 Å². The highest BCUT2D eigenvalue weighted by atomic mass is 79.9. The van der Waals surface area contributed by atoms with Crippen LogP contribution in [0.1, 0.15) is 29.6 Å². The van der Waals surface area contributed by atoms with E-state index in [0.29, 0.717) is 18.6 Å². The maximum absolute atomic E-state index is 12.0. The molecule has 1 aromatic rings. The average molecular weight is 374 g/mol. The first kappa shape index (κ1) is 16.6. The molecule has 116 valence electrons. The van der Waals surface area contributed by atoms with E-state index in [9.17, 15) is 13.2 Å². The van der Waals surface area contributed by atoms with E-state index in [1.807, 2.05) is 31.3 Å². The molecule has 1 saturated heterocycles. The van der Waals surface area contributed by atoms with Gasteiger partial charge in [-0.15, -0.1) is 0 Å². The molecular formula is C15H20BrNO3S. The van der Waals surface area contributed by atoms with Crippen molar-refractivity contribution in [2.75, 3.05) is 25.1 Å². The molecule has 1 aliphatic heterocycles. The van der Waals surface area contributed by atoms with Crippen LogP contribution in [0.2, 0.25) is 0 Å². The van der Waals surface area contributed by atoms with Gasteiger partial charge in [-0.3, -0.25) is 4.79 Å². The zero-order valence-corrected chi connectivity index (χ0v) is 14.5. The number of nitrogens with zero attached hydrogens (tertiary/aromatic N) is 1. The molecule has 0 aliphatic carbocycles. The highest BCUT2D eigenvalue weighted by molar-refractivity contribution is 9.10. The van der Waals surface area contributed by atoms with E-state index in [1.54, 1.807) is 0 Å². The van der Waals surface area contributed by atoms with Gasteiger partial charge in [-0.05, 0) is 38.6 Å². The number of Topliss-reactive ketones (excluding diaryl/α,β-unsaturated/α-hetero) is 1. The first-order chi connectivity index (χ1) is 9.87. The van der Waals surface area contributed by atoms with Gasteiger partial charge in [-0.1, -0.05) is 28.1 Å². The van der Waals surface area contributed by atoms with Gasteiger partial charge in [0.15, 0.2) is 15.6 Å². The maximum atomic E-state index is 12.0. The Labute approximate surface area is 134 Å². The van der Waals surface area contributed by atoms with E-state index < -0.39 is 9.84 Å². The highest BCUT2D eigenvalue weighted by Gasteiger charge is 2.30. The van der Waals surface area contributed by atoms with Crippen LogP contribution in [0.25, 0.3) is 0 Å². The van der Waals surface area contributed by atoms with Crippen molar-refractivity contribution in [2.45, 2.75) is 25.3 Å². The van der Waals surface area contributed by atoms with Crippen molar-refractivity contribution < 1.29 is 13.2 Å². The predicted molar refractivity (Wildman–Crippen MR) is 87.4 cm³/mol. The van der Waals surface area contributed by atoms with Crippen molar-refractivity contribution in [3.63, 3.8) is 0 Å². The van der Waals surface area contributed by atoms with Crippen molar-refractivity contribution in [1.82, 2.24) is 4.90 Å². The largest absolute Gasteiger partial charge is 0.302 e. The molecule has 0 aromatic heterocycles. The minimum Gasteiger partial charge on any atom is -0.302 e. The number of halogens is 1. The van der Waals surface area contributed by atoms with Gasteiger partial charge >= 0.3 is 0 Å². The van der Waals surface area contributed by atoms with Crippen LogP contribution in [-0.4, -0.2) is 50.2 Å². The number of rotatable bonds is 6. The lowest BCUT2D eigenvalue weighted by molar-refractivity contribution is 0.0974. The van der Waals surface area contributed by atoms with Crippen LogP contribution in [0, 0.1) is 0 Å². The van der Waals surface area contributed by atoms with Gasteiger partial charge in [0.1, 0.15) is 0 Å². The number of sulfone groups is 1. The molecule has 1 atom stereocenters. The molecule has 2 rings (SSSR count). The van der Waals surface area contributed by atoms with Gasteiger partial charge in [0.25, 0.3) is 0 Å². The van der Waals surface area contributed by atoms with Gasteiger partial charge in [-0.25, -0.2) is 8.42 Å². The van der Waals surface area contributed by atoms with E-state index in [0.717, 1.165) is 23.0 Å². The number of hydrogen-bond donors (Lipinski definition) is 0. The van der Waals surface area contributed by atoms with Crippen molar-refractivity contribution in [3.8, 4) is 0 Å². The van der Waals surface area contributed by atoms with E-state index in [2.05, 4.69) is 20.8 Å². The molecular weight excluding hydrogens is 354 g/mol. The Kier molecular flexibility index (Phi) is 5.57. The summed E-state index contributed by atoms with van der Waals surface area (Å²) in [6.45, 7) is 0.752. The van der Waals surface area contributed by atoms with E-state index in [1.165, 1.54) is 0 Å². The molecule has 0 spiro atoms. The molecule has 0 bridgehead atoms. The summed E-state index contributed by atoms with van der Waals surface area (Å²) in [7, 11) is -0.902. The highest BCUT2D eigenvalue weighted by Crippen LogP contribution is 2.17. The molecule has 1 aliphatic rings. The molecule has 1 unspecified atom stereocenters. The third kappa shape index (κ3) is 4.90. The third-order valence-corrected chi connectivity index (χ3v) is 6.19. The second-order valence-corrected chi connectivity index (χ2v) is 8.72. The number of hydrogen-bond acceptors (Lipinski definition) is 4. The third-order valence-electron chi connectivity index (χ3n) is 3.91. The lowest BCUT2D eigenvalue weighted by Gasteiger charge is -2.22. The molecule has 1 heterocycles. The van der Waals surface area contributed by atoms with Crippen LogP contribution < -0.4 is 0 Å². The zero-order valence-electron chi connectivity index (χ0n) is 12.1. The molecule has 6 heteroatoms. The van der Waals surface area contributed by atoms with Crippen molar-refractivity contribution >= 4 is 31.6 Å². The molecule has 21 heavy (non-hydrogen) atoms. The van der Waals surface area contributed by atoms with Crippen LogP contribution in [0.4, 0.5) is 0 Å². The Hall–Kier alpha value is -0.720.